The number of benzene rings is 2. The third kappa shape index (κ3) is 5.48. The standard InChI is InChI=1S/C17H15BrFNO2S/c1-11(21)12-3-6-15(7-4-12)20-17(22)10-23-9-13-2-5-14(18)8-16(13)19/h2-8H,9-10H2,1H3,(H,20,22). The largest absolute Gasteiger partial charge is 0.325 e. The van der Waals surface area contributed by atoms with Crippen LogP contribution in [0.25, 0.3) is 0 Å². The topological polar surface area (TPSA) is 46.2 Å². The van der Waals surface area contributed by atoms with Gasteiger partial charge in [-0.25, -0.2) is 4.39 Å². The maximum absolute atomic E-state index is 13.7. The highest BCUT2D eigenvalue weighted by molar-refractivity contribution is 9.10. The summed E-state index contributed by atoms with van der Waals surface area (Å²) in [6.07, 6.45) is 0. The molecule has 1 amide bonds. The normalized spacial score (nSPS) is 10.4. The van der Waals surface area contributed by atoms with Crippen LogP contribution in [-0.4, -0.2) is 17.4 Å². The molecule has 3 nitrogen and oxygen atoms in total. The van der Waals surface area contributed by atoms with Crippen molar-refractivity contribution in [2.75, 3.05) is 11.1 Å². The van der Waals surface area contributed by atoms with Gasteiger partial charge in [-0.05, 0) is 48.9 Å². The monoisotopic (exact) mass is 395 g/mol. The molecule has 0 aliphatic carbocycles. The first kappa shape index (κ1) is 17.7. The molecule has 2 aromatic carbocycles. The van der Waals surface area contributed by atoms with Crippen LogP contribution in [0.1, 0.15) is 22.8 Å². The van der Waals surface area contributed by atoms with Crippen LogP contribution in [0.5, 0.6) is 0 Å². The number of halogens is 2. The Morgan fingerprint density at radius 1 is 1.17 bits per heavy atom. The first-order valence-electron chi connectivity index (χ1n) is 6.88. The maximum atomic E-state index is 13.7. The summed E-state index contributed by atoms with van der Waals surface area (Å²) in [4.78, 5) is 23.0. The Morgan fingerprint density at radius 2 is 1.87 bits per heavy atom. The highest BCUT2D eigenvalue weighted by Crippen LogP contribution is 2.20. The lowest BCUT2D eigenvalue weighted by atomic mass is 10.1. The first-order valence-corrected chi connectivity index (χ1v) is 8.83. The van der Waals surface area contributed by atoms with Gasteiger partial charge >= 0.3 is 0 Å². The van der Waals surface area contributed by atoms with Gasteiger partial charge in [0.2, 0.25) is 5.91 Å². The van der Waals surface area contributed by atoms with Crippen molar-refractivity contribution in [2.45, 2.75) is 12.7 Å². The predicted molar refractivity (Wildman–Crippen MR) is 95.3 cm³/mol. The summed E-state index contributed by atoms with van der Waals surface area (Å²) in [7, 11) is 0. The summed E-state index contributed by atoms with van der Waals surface area (Å²) < 4.78 is 14.3. The van der Waals surface area contributed by atoms with Gasteiger partial charge in [-0.15, -0.1) is 11.8 Å². The summed E-state index contributed by atoms with van der Waals surface area (Å²) in [5.74, 6) is 0.185. The van der Waals surface area contributed by atoms with E-state index < -0.39 is 0 Å². The highest BCUT2D eigenvalue weighted by atomic mass is 79.9. The molecule has 0 aromatic heterocycles. The van der Waals surface area contributed by atoms with Gasteiger partial charge in [0.25, 0.3) is 0 Å². The van der Waals surface area contributed by atoms with Crippen LogP contribution < -0.4 is 5.32 Å². The van der Waals surface area contributed by atoms with E-state index in [0.29, 0.717) is 27.0 Å². The Kier molecular flexibility index (Phi) is 6.36. The van der Waals surface area contributed by atoms with Crippen LogP contribution in [0.15, 0.2) is 46.9 Å². The summed E-state index contributed by atoms with van der Waals surface area (Å²) in [6, 6.07) is 11.6. The van der Waals surface area contributed by atoms with Crippen molar-refractivity contribution >= 4 is 45.1 Å². The van der Waals surface area contributed by atoms with Crippen molar-refractivity contribution in [3.05, 3.63) is 63.9 Å². The van der Waals surface area contributed by atoms with E-state index in [9.17, 15) is 14.0 Å². The van der Waals surface area contributed by atoms with Crippen LogP contribution in [0.3, 0.4) is 0 Å². The number of carbonyl (C=O) groups is 2. The Bertz CT molecular complexity index is 719. The van der Waals surface area contributed by atoms with Crippen molar-refractivity contribution in [3.8, 4) is 0 Å². The van der Waals surface area contributed by atoms with Gasteiger partial charge in [-0.3, -0.25) is 9.59 Å². The summed E-state index contributed by atoms with van der Waals surface area (Å²) in [5.41, 5.74) is 1.80. The highest BCUT2D eigenvalue weighted by Gasteiger charge is 2.07. The minimum absolute atomic E-state index is 0.0186. The average molecular weight is 396 g/mol. The van der Waals surface area contributed by atoms with Crippen molar-refractivity contribution in [3.63, 3.8) is 0 Å². The lowest BCUT2D eigenvalue weighted by Gasteiger charge is -2.06. The summed E-state index contributed by atoms with van der Waals surface area (Å²) in [5, 5.41) is 2.75. The van der Waals surface area contributed by atoms with Gasteiger partial charge in [-0.2, -0.15) is 0 Å². The Hall–Kier alpha value is -1.66. The molecule has 0 unspecified atom stereocenters. The minimum atomic E-state index is -0.285. The van der Waals surface area contributed by atoms with E-state index in [1.807, 2.05) is 0 Å². The zero-order valence-electron chi connectivity index (χ0n) is 12.4. The molecule has 0 bridgehead atoms. The third-order valence-electron chi connectivity index (χ3n) is 3.08. The molecule has 0 aliphatic rings. The molecule has 0 heterocycles. The summed E-state index contributed by atoms with van der Waals surface area (Å²) in [6.45, 7) is 1.49. The molecular weight excluding hydrogens is 381 g/mol. The average Bonchev–Trinajstić information content (AvgIpc) is 2.50. The number of amides is 1. The van der Waals surface area contributed by atoms with Crippen molar-refractivity contribution < 1.29 is 14.0 Å². The number of Topliss-reactive ketones (excluding diaryl/α,β-unsaturated/α-hetero) is 1. The molecule has 0 spiro atoms. The van der Waals surface area contributed by atoms with Crippen LogP contribution in [0.4, 0.5) is 10.1 Å². The van der Waals surface area contributed by atoms with E-state index in [2.05, 4.69) is 21.2 Å². The van der Waals surface area contributed by atoms with E-state index in [4.69, 9.17) is 0 Å². The number of hydrogen-bond acceptors (Lipinski definition) is 3. The van der Waals surface area contributed by atoms with Gasteiger partial charge in [-0.1, -0.05) is 22.0 Å². The van der Waals surface area contributed by atoms with Gasteiger partial charge in [0.05, 0.1) is 5.75 Å². The molecule has 120 valence electrons. The van der Waals surface area contributed by atoms with Crippen LogP contribution in [-0.2, 0) is 10.5 Å². The van der Waals surface area contributed by atoms with E-state index in [-0.39, 0.29) is 23.3 Å². The quantitative estimate of drug-likeness (QED) is 0.723. The molecule has 0 saturated heterocycles. The Balaban J connectivity index is 1.82. The summed E-state index contributed by atoms with van der Waals surface area (Å²) >= 11 is 4.55. The Labute approximate surface area is 146 Å². The lowest BCUT2D eigenvalue weighted by Crippen LogP contribution is -2.14. The molecule has 0 aliphatic heterocycles. The second-order valence-corrected chi connectivity index (χ2v) is 6.81. The van der Waals surface area contributed by atoms with E-state index >= 15 is 0 Å². The molecule has 0 saturated carbocycles. The van der Waals surface area contributed by atoms with Gasteiger partial charge in [0.1, 0.15) is 5.82 Å². The fourth-order valence-corrected chi connectivity index (χ4v) is 3.02. The second-order valence-electron chi connectivity index (χ2n) is 4.91. The second kappa shape index (κ2) is 8.26. The zero-order chi connectivity index (χ0) is 16.8. The maximum Gasteiger partial charge on any atom is 0.234 e. The molecule has 6 heteroatoms. The van der Waals surface area contributed by atoms with Crippen LogP contribution >= 0.6 is 27.7 Å². The Morgan fingerprint density at radius 3 is 2.48 bits per heavy atom. The van der Waals surface area contributed by atoms with Gasteiger partial charge < -0.3 is 5.32 Å². The smallest absolute Gasteiger partial charge is 0.234 e. The molecule has 2 rings (SSSR count). The molecule has 2 aromatic rings. The molecule has 0 radical (unpaired) electrons. The number of ketones is 1. The number of thioether (sulfide) groups is 1. The van der Waals surface area contributed by atoms with Crippen LogP contribution in [0, 0.1) is 5.82 Å². The molecule has 23 heavy (non-hydrogen) atoms. The van der Waals surface area contributed by atoms with E-state index in [0.717, 1.165) is 0 Å². The number of carbonyl (C=O) groups excluding carboxylic acids is 2. The predicted octanol–water partition coefficient (Wildman–Crippen LogP) is 4.66. The third-order valence-corrected chi connectivity index (χ3v) is 4.56. The molecular formula is C17H15BrFNO2S. The van der Waals surface area contributed by atoms with Crippen molar-refractivity contribution in [1.29, 1.82) is 0 Å². The number of nitrogens with one attached hydrogen (secondary N) is 1. The fraction of sp³-hybridized carbons (Fsp3) is 0.176. The minimum Gasteiger partial charge on any atom is -0.325 e. The van der Waals surface area contributed by atoms with Crippen LogP contribution in [0.2, 0.25) is 0 Å². The lowest BCUT2D eigenvalue weighted by molar-refractivity contribution is -0.113. The number of hydrogen-bond donors (Lipinski definition) is 1. The van der Waals surface area contributed by atoms with Gasteiger partial charge in [0, 0.05) is 21.5 Å². The fourth-order valence-electron chi connectivity index (χ4n) is 1.88. The molecule has 0 atom stereocenters. The van der Waals surface area contributed by atoms with E-state index in [1.54, 1.807) is 36.4 Å². The van der Waals surface area contributed by atoms with Crippen molar-refractivity contribution in [2.24, 2.45) is 0 Å². The molecule has 0 fully saturated rings. The SMILES string of the molecule is CC(=O)c1ccc(NC(=O)CSCc2ccc(Br)cc2F)cc1. The number of anilines is 1. The van der Waals surface area contributed by atoms with Gasteiger partial charge in [0.15, 0.2) is 5.78 Å². The van der Waals surface area contributed by atoms with Crippen molar-refractivity contribution in [1.82, 2.24) is 0 Å². The first-order chi connectivity index (χ1) is 11.0. The zero-order valence-corrected chi connectivity index (χ0v) is 14.8. The van der Waals surface area contributed by atoms with E-state index in [1.165, 1.54) is 24.8 Å². The number of rotatable bonds is 6. The molecule has 1 N–H and O–H groups in total.